The third-order valence-corrected chi connectivity index (χ3v) is 4.01. The zero-order chi connectivity index (χ0) is 14.9. The van der Waals surface area contributed by atoms with Gasteiger partial charge in [0.05, 0.1) is 11.0 Å². The Labute approximate surface area is 122 Å². The van der Waals surface area contributed by atoms with Crippen LogP contribution in [0.2, 0.25) is 0 Å². The van der Waals surface area contributed by atoms with Crippen molar-refractivity contribution in [1.82, 2.24) is 25.0 Å². The lowest BCUT2D eigenvalue weighted by Gasteiger charge is -2.36. The minimum atomic E-state index is -0.161. The Bertz CT molecular complexity index is 632. The maximum absolute atomic E-state index is 12.3. The molecule has 0 spiro atoms. The fourth-order valence-electron chi connectivity index (χ4n) is 2.55. The molecule has 2 aromatic rings. The van der Waals surface area contributed by atoms with E-state index in [0.717, 1.165) is 12.8 Å². The second kappa shape index (κ2) is 5.23. The second-order valence-corrected chi connectivity index (χ2v) is 5.63. The van der Waals surface area contributed by atoms with Crippen LogP contribution in [0.15, 0.2) is 23.2 Å². The standard InChI is InChI=1S/C14H17N5O2/c1-10-17-13(21-18-10)14(2)3-5-19(6-4-14)12(20)11-7-15-9-16-8-11/h7-9H,3-6H2,1-2H3. The van der Waals surface area contributed by atoms with Gasteiger partial charge in [-0.3, -0.25) is 4.79 Å². The van der Waals surface area contributed by atoms with E-state index in [9.17, 15) is 4.79 Å². The highest BCUT2D eigenvalue weighted by molar-refractivity contribution is 5.93. The van der Waals surface area contributed by atoms with Crippen molar-refractivity contribution in [2.75, 3.05) is 13.1 Å². The third-order valence-electron chi connectivity index (χ3n) is 4.01. The van der Waals surface area contributed by atoms with E-state index in [1.54, 1.807) is 12.4 Å². The number of nitrogens with zero attached hydrogens (tertiary/aromatic N) is 5. The molecule has 0 N–H and O–H groups in total. The minimum Gasteiger partial charge on any atom is -0.339 e. The fourth-order valence-corrected chi connectivity index (χ4v) is 2.55. The zero-order valence-electron chi connectivity index (χ0n) is 12.1. The van der Waals surface area contributed by atoms with Crippen molar-refractivity contribution >= 4 is 5.91 Å². The first-order valence-electron chi connectivity index (χ1n) is 6.93. The number of piperidine rings is 1. The molecule has 0 saturated carbocycles. The highest BCUT2D eigenvalue weighted by Crippen LogP contribution is 2.34. The summed E-state index contributed by atoms with van der Waals surface area (Å²) in [6, 6.07) is 0. The van der Waals surface area contributed by atoms with Crippen LogP contribution in [0.25, 0.3) is 0 Å². The highest BCUT2D eigenvalue weighted by Gasteiger charge is 2.37. The third kappa shape index (κ3) is 2.63. The number of amides is 1. The van der Waals surface area contributed by atoms with Gasteiger partial charge in [0.15, 0.2) is 5.82 Å². The molecule has 0 aliphatic carbocycles. The summed E-state index contributed by atoms with van der Waals surface area (Å²) >= 11 is 0. The number of hydrogen-bond acceptors (Lipinski definition) is 6. The molecule has 7 nitrogen and oxygen atoms in total. The van der Waals surface area contributed by atoms with Crippen LogP contribution >= 0.6 is 0 Å². The fraction of sp³-hybridized carbons (Fsp3) is 0.500. The van der Waals surface area contributed by atoms with Gasteiger partial charge >= 0.3 is 0 Å². The monoisotopic (exact) mass is 287 g/mol. The van der Waals surface area contributed by atoms with E-state index in [4.69, 9.17) is 4.52 Å². The molecule has 1 saturated heterocycles. The molecule has 0 unspecified atom stereocenters. The predicted octanol–water partition coefficient (Wildman–Crippen LogP) is 1.36. The topological polar surface area (TPSA) is 85.0 Å². The molecule has 2 aromatic heterocycles. The van der Waals surface area contributed by atoms with Gasteiger partial charge in [-0.15, -0.1) is 0 Å². The van der Waals surface area contributed by atoms with Gasteiger partial charge in [0.2, 0.25) is 5.89 Å². The van der Waals surface area contributed by atoms with E-state index in [2.05, 4.69) is 27.0 Å². The van der Waals surface area contributed by atoms with Crippen LogP contribution in [-0.4, -0.2) is 44.0 Å². The Hall–Kier alpha value is -2.31. The average Bonchev–Trinajstić information content (AvgIpc) is 2.96. The van der Waals surface area contributed by atoms with Crippen LogP contribution in [0.1, 0.15) is 41.8 Å². The van der Waals surface area contributed by atoms with Gasteiger partial charge in [-0.2, -0.15) is 4.98 Å². The molecule has 1 amide bonds. The number of likely N-dealkylation sites (tertiary alicyclic amines) is 1. The number of carbonyl (C=O) groups is 1. The van der Waals surface area contributed by atoms with E-state index in [-0.39, 0.29) is 11.3 Å². The lowest BCUT2D eigenvalue weighted by molar-refractivity contribution is 0.0652. The highest BCUT2D eigenvalue weighted by atomic mass is 16.5. The lowest BCUT2D eigenvalue weighted by atomic mass is 9.80. The largest absolute Gasteiger partial charge is 0.339 e. The maximum Gasteiger partial charge on any atom is 0.256 e. The summed E-state index contributed by atoms with van der Waals surface area (Å²) in [5.41, 5.74) is 0.361. The summed E-state index contributed by atoms with van der Waals surface area (Å²) in [5, 5.41) is 3.86. The molecule has 110 valence electrons. The van der Waals surface area contributed by atoms with E-state index < -0.39 is 0 Å². The molecular weight excluding hydrogens is 270 g/mol. The van der Waals surface area contributed by atoms with Gasteiger partial charge in [-0.1, -0.05) is 12.1 Å². The summed E-state index contributed by atoms with van der Waals surface area (Å²) in [6.45, 7) is 5.23. The normalized spacial score (nSPS) is 17.7. The molecule has 0 aromatic carbocycles. The predicted molar refractivity (Wildman–Crippen MR) is 73.6 cm³/mol. The molecule has 0 atom stereocenters. The van der Waals surface area contributed by atoms with E-state index >= 15 is 0 Å². The van der Waals surface area contributed by atoms with Crippen LogP contribution in [0.5, 0.6) is 0 Å². The van der Waals surface area contributed by atoms with Gasteiger partial charge < -0.3 is 9.42 Å². The maximum atomic E-state index is 12.3. The quantitative estimate of drug-likeness (QED) is 0.829. The summed E-state index contributed by atoms with van der Waals surface area (Å²) < 4.78 is 5.30. The summed E-state index contributed by atoms with van der Waals surface area (Å²) in [5.74, 6) is 1.28. The second-order valence-electron chi connectivity index (χ2n) is 5.63. The lowest BCUT2D eigenvalue weighted by Crippen LogP contribution is -2.44. The molecule has 1 fully saturated rings. The van der Waals surface area contributed by atoms with Crippen molar-refractivity contribution in [3.05, 3.63) is 36.0 Å². The number of aryl methyl sites for hydroxylation is 1. The van der Waals surface area contributed by atoms with Crippen LogP contribution in [-0.2, 0) is 5.41 Å². The van der Waals surface area contributed by atoms with Crippen molar-refractivity contribution in [3.63, 3.8) is 0 Å². The van der Waals surface area contributed by atoms with E-state index in [0.29, 0.717) is 30.4 Å². The van der Waals surface area contributed by atoms with Gasteiger partial charge in [0.25, 0.3) is 5.91 Å². The summed E-state index contributed by atoms with van der Waals surface area (Å²) in [7, 11) is 0. The molecule has 3 heterocycles. The summed E-state index contributed by atoms with van der Waals surface area (Å²) in [6.07, 6.45) is 6.11. The summed E-state index contributed by atoms with van der Waals surface area (Å²) in [4.78, 5) is 26.3. The van der Waals surface area contributed by atoms with Crippen molar-refractivity contribution in [2.45, 2.75) is 32.1 Å². The van der Waals surface area contributed by atoms with Gasteiger partial charge in [-0.25, -0.2) is 9.97 Å². The zero-order valence-corrected chi connectivity index (χ0v) is 12.1. The number of carbonyl (C=O) groups excluding carboxylic acids is 1. The average molecular weight is 287 g/mol. The number of aromatic nitrogens is 4. The smallest absolute Gasteiger partial charge is 0.256 e. The molecule has 1 aliphatic heterocycles. The SMILES string of the molecule is Cc1noc(C2(C)CCN(C(=O)c3cncnc3)CC2)n1. The van der Waals surface area contributed by atoms with Gasteiger partial charge in [-0.05, 0) is 19.8 Å². The molecular formula is C14H17N5O2. The Balaban J connectivity index is 1.69. The Morgan fingerprint density at radius 3 is 2.52 bits per heavy atom. The van der Waals surface area contributed by atoms with Crippen molar-refractivity contribution in [3.8, 4) is 0 Å². The van der Waals surface area contributed by atoms with Crippen molar-refractivity contribution in [1.29, 1.82) is 0 Å². The van der Waals surface area contributed by atoms with Crippen LogP contribution in [0, 0.1) is 6.92 Å². The molecule has 0 bridgehead atoms. The molecule has 21 heavy (non-hydrogen) atoms. The molecule has 7 heteroatoms. The van der Waals surface area contributed by atoms with Crippen molar-refractivity contribution < 1.29 is 9.32 Å². The van der Waals surface area contributed by atoms with E-state index in [1.807, 2.05) is 11.8 Å². The van der Waals surface area contributed by atoms with Crippen molar-refractivity contribution in [2.24, 2.45) is 0 Å². The molecule has 3 rings (SSSR count). The number of rotatable bonds is 2. The molecule has 0 radical (unpaired) electrons. The van der Waals surface area contributed by atoms with Gasteiger partial charge in [0.1, 0.15) is 6.33 Å². The Morgan fingerprint density at radius 2 is 1.95 bits per heavy atom. The van der Waals surface area contributed by atoms with Crippen LogP contribution < -0.4 is 0 Å². The first-order valence-corrected chi connectivity index (χ1v) is 6.93. The Morgan fingerprint density at radius 1 is 1.29 bits per heavy atom. The Kier molecular flexibility index (Phi) is 3.40. The van der Waals surface area contributed by atoms with Gasteiger partial charge in [0, 0.05) is 25.5 Å². The molecule has 1 aliphatic rings. The van der Waals surface area contributed by atoms with Crippen LogP contribution in [0.3, 0.4) is 0 Å². The van der Waals surface area contributed by atoms with Crippen LogP contribution in [0.4, 0.5) is 0 Å². The van der Waals surface area contributed by atoms with E-state index in [1.165, 1.54) is 6.33 Å². The first kappa shape index (κ1) is 13.7. The number of hydrogen-bond donors (Lipinski definition) is 0. The first-order chi connectivity index (χ1) is 10.1. The minimum absolute atomic E-state index is 0.0284.